The number of aliphatic hydroxyl groups excluding tert-OH is 1. The summed E-state index contributed by atoms with van der Waals surface area (Å²) in [6, 6.07) is 0. The van der Waals surface area contributed by atoms with Gasteiger partial charge in [0.1, 0.15) is 19.3 Å². The highest BCUT2D eigenvalue weighted by Crippen LogP contribution is 2.45. The number of aliphatic hydroxyl groups is 1. The van der Waals surface area contributed by atoms with E-state index >= 15 is 0 Å². The van der Waals surface area contributed by atoms with Gasteiger partial charge in [-0.1, -0.05) is 325 Å². The average Bonchev–Trinajstić information content (AvgIpc) is 1.97. The Morgan fingerprint density at radius 3 is 0.817 bits per heavy atom. The second-order valence-electron chi connectivity index (χ2n) is 27.9. The molecule has 0 radical (unpaired) electrons. The van der Waals surface area contributed by atoms with E-state index in [1.165, 1.54) is 186 Å². The molecule has 0 aromatic heterocycles. The molecule has 6 atom stereocenters. The average molecular weight is 1370 g/mol. The van der Waals surface area contributed by atoms with Gasteiger partial charge in [0, 0.05) is 25.7 Å². The number of phosphoric ester groups is 2. The van der Waals surface area contributed by atoms with Crippen LogP contribution in [0, 0.1) is 17.8 Å². The van der Waals surface area contributed by atoms with Gasteiger partial charge in [-0.15, -0.1) is 0 Å². The van der Waals surface area contributed by atoms with Crippen molar-refractivity contribution in [1.29, 1.82) is 0 Å². The molecule has 0 saturated carbocycles. The van der Waals surface area contributed by atoms with E-state index in [9.17, 15) is 43.2 Å². The lowest BCUT2D eigenvalue weighted by Crippen LogP contribution is -2.30. The lowest BCUT2D eigenvalue weighted by molar-refractivity contribution is -0.161. The maximum atomic E-state index is 13.1. The molecule has 0 bridgehead atoms. The van der Waals surface area contributed by atoms with Crippen molar-refractivity contribution in [2.75, 3.05) is 39.6 Å². The minimum absolute atomic E-state index is 0.106. The van der Waals surface area contributed by atoms with Crippen LogP contribution in [0.15, 0.2) is 0 Å². The van der Waals surface area contributed by atoms with Crippen LogP contribution >= 0.6 is 15.6 Å². The summed E-state index contributed by atoms with van der Waals surface area (Å²) in [4.78, 5) is 72.7. The summed E-state index contributed by atoms with van der Waals surface area (Å²) in [7, 11) is -9.91. The Morgan fingerprint density at radius 2 is 0.548 bits per heavy atom. The molecule has 0 aliphatic heterocycles. The lowest BCUT2D eigenvalue weighted by atomic mass is 9.99. The summed E-state index contributed by atoms with van der Waals surface area (Å²) in [5, 5.41) is 10.6. The standard InChI is InChI=1S/C74H144O17P2/c1-8-10-11-12-13-24-34-41-48-55-71(76)84-61-69(91-74(79)58-51-44-37-30-23-22-27-33-40-47-54-67(7)9-2)63-88-92(80,81)86-59-68(75)60-87-93(82,83)89-64-70(62-85-72(77)56-49-42-35-28-21-17-19-26-32-39-46-53-66(5)6)90-73(78)57-50-43-36-29-20-16-14-15-18-25-31-38-45-52-65(3)4/h65-70,75H,8-64H2,1-7H3,(H,80,81)(H,82,83)/t67?,68-,69+,70+/m0/s1. The van der Waals surface area contributed by atoms with Crippen LogP contribution in [0.25, 0.3) is 0 Å². The van der Waals surface area contributed by atoms with Crippen molar-refractivity contribution in [2.24, 2.45) is 17.8 Å². The number of rotatable bonds is 72. The van der Waals surface area contributed by atoms with Gasteiger partial charge >= 0.3 is 39.5 Å². The Balaban J connectivity index is 5.25. The van der Waals surface area contributed by atoms with Crippen molar-refractivity contribution in [3.05, 3.63) is 0 Å². The number of phosphoric acid groups is 2. The molecule has 17 nitrogen and oxygen atoms in total. The number of carbonyl (C=O) groups is 4. The summed E-state index contributed by atoms with van der Waals surface area (Å²) < 4.78 is 68.4. The molecule has 0 aromatic rings. The second kappa shape index (κ2) is 64.7. The van der Waals surface area contributed by atoms with Crippen molar-refractivity contribution < 1.29 is 80.2 Å². The van der Waals surface area contributed by atoms with E-state index in [0.717, 1.165) is 108 Å². The fourth-order valence-electron chi connectivity index (χ4n) is 11.2. The molecular formula is C74H144O17P2. The SMILES string of the molecule is CCCCCCCCCCCC(=O)OC[C@H](COP(=O)(O)OC[C@H](O)COP(=O)(O)OC[C@@H](COC(=O)CCCCCCCCCCCCCC(C)C)OC(=O)CCCCCCCCCCCCCCCC(C)C)OC(=O)CCCCCCCCCCCCC(C)CC. The largest absolute Gasteiger partial charge is 0.472 e. The number of hydrogen-bond donors (Lipinski definition) is 3. The van der Waals surface area contributed by atoms with Gasteiger partial charge in [-0.3, -0.25) is 37.3 Å². The monoisotopic (exact) mass is 1370 g/mol. The third-order valence-electron chi connectivity index (χ3n) is 17.5. The minimum atomic E-state index is -4.96. The molecule has 552 valence electrons. The van der Waals surface area contributed by atoms with Gasteiger partial charge < -0.3 is 33.8 Å². The summed E-state index contributed by atoms with van der Waals surface area (Å²) in [5.41, 5.74) is 0. The van der Waals surface area contributed by atoms with E-state index in [0.29, 0.717) is 25.7 Å². The van der Waals surface area contributed by atoms with Crippen molar-refractivity contribution in [1.82, 2.24) is 0 Å². The van der Waals surface area contributed by atoms with Crippen molar-refractivity contribution in [3.63, 3.8) is 0 Å². The number of unbranched alkanes of at least 4 members (excludes halogenated alkanes) is 39. The maximum Gasteiger partial charge on any atom is 0.472 e. The van der Waals surface area contributed by atoms with Crippen LogP contribution in [0.5, 0.6) is 0 Å². The molecule has 0 heterocycles. The van der Waals surface area contributed by atoms with Crippen molar-refractivity contribution in [2.45, 2.75) is 394 Å². The third kappa shape index (κ3) is 67.0. The number of hydrogen-bond acceptors (Lipinski definition) is 15. The zero-order valence-electron chi connectivity index (χ0n) is 60.7. The Hall–Kier alpha value is -1.94. The van der Waals surface area contributed by atoms with E-state index in [1.807, 2.05) is 0 Å². The van der Waals surface area contributed by atoms with E-state index in [-0.39, 0.29) is 25.7 Å². The number of esters is 4. The molecule has 0 saturated heterocycles. The van der Waals surface area contributed by atoms with Gasteiger partial charge in [-0.05, 0) is 43.4 Å². The third-order valence-corrected chi connectivity index (χ3v) is 19.4. The van der Waals surface area contributed by atoms with Gasteiger partial charge in [-0.25, -0.2) is 9.13 Å². The molecule has 3 unspecified atom stereocenters. The van der Waals surface area contributed by atoms with Crippen LogP contribution in [-0.2, 0) is 65.4 Å². The molecule has 0 aliphatic carbocycles. The molecule has 19 heteroatoms. The summed E-state index contributed by atoms with van der Waals surface area (Å²) in [5.74, 6) is 0.240. The first-order valence-corrected chi connectivity index (χ1v) is 41.4. The Labute approximate surface area is 568 Å². The van der Waals surface area contributed by atoms with E-state index in [1.54, 1.807) is 0 Å². The van der Waals surface area contributed by atoms with Crippen LogP contribution in [-0.4, -0.2) is 96.7 Å². The molecular weight excluding hydrogens is 1220 g/mol. The first-order valence-electron chi connectivity index (χ1n) is 38.4. The van der Waals surface area contributed by atoms with Crippen molar-refractivity contribution in [3.8, 4) is 0 Å². The topological polar surface area (TPSA) is 237 Å². The molecule has 0 amide bonds. The predicted molar refractivity (Wildman–Crippen MR) is 377 cm³/mol. The summed E-state index contributed by atoms with van der Waals surface area (Å²) in [6.07, 6.45) is 49.8. The molecule has 0 spiro atoms. The fraction of sp³-hybridized carbons (Fsp3) is 0.946. The second-order valence-corrected chi connectivity index (χ2v) is 30.8. The number of ether oxygens (including phenoxy) is 4. The van der Waals surface area contributed by atoms with Gasteiger partial charge in [0.05, 0.1) is 26.4 Å². The van der Waals surface area contributed by atoms with Crippen molar-refractivity contribution >= 4 is 39.5 Å². The summed E-state index contributed by atoms with van der Waals surface area (Å²) in [6.45, 7) is 11.9. The highest BCUT2D eigenvalue weighted by atomic mass is 31.2. The Morgan fingerprint density at radius 1 is 0.312 bits per heavy atom. The molecule has 0 fully saturated rings. The molecule has 0 rings (SSSR count). The maximum absolute atomic E-state index is 13.1. The first kappa shape index (κ1) is 91.1. The molecule has 0 aromatic carbocycles. The lowest BCUT2D eigenvalue weighted by Gasteiger charge is -2.21. The Kier molecular flexibility index (Phi) is 63.4. The molecule has 3 N–H and O–H groups in total. The molecule has 93 heavy (non-hydrogen) atoms. The zero-order chi connectivity index (χ0) is 68.7. The first-order chi connectivity index (χ1) is 44.8. The van der Waals surface area contributed by atoms with E-state index in [2.05, 4.69) is 48.5 Å². The van der Waals surface area contributed by atoms with Crippen LogP contribution in [0.1, 0.15) is 376 Å². The van der Waals surface area contributed by atoms with E-state index in [4.69, 9.17) is 37.0 Å². The smallest absolute Gasteiger partial charge is 0.462 e. The van der Waals surface area contributed by atoms with Gasteiger partial charge in [-0.2, -0.15) is 0 Å². The van der Waals surface area contributed by atoms with Crippen LogP contribution < -0.4 is 0 Å². The van der Waals surface area contributed by atoms with E-state index < -0.39 is 97.5 Å². The van der Waals surface area contributed by atoms with Crippen LogP contribution in [0.2, 0.25) is 0 Å². The predicted octanol–water partition coefficient (Wildman–Crippen LogP) is 21.4. The Bertz CT molecular complexity index is 1820. The van der Waals surface area contributed by atoms with Crippen LogP contribution in [0.3, 0.4) is 0 Å². The number of carbonyl (C=O) groups excluding carboxylic acids is 4. The zero-order valence-corrected chi connectivity index (χ0v) is 62.5. The fourth-order valence-corrected chi connectivity index (χ4v) is 12.8. The minimum Gasteiger partial charge on any atom is -0.462 e. The quantitative estimate of drug-likeness (QED) is 0.0222. The molecule has 0 aliphatic rings. The van der Waals surface area contributed by atoms with Gasteiger partial charge in [0.2, 0.25) is 0 Å². The van der Waals surface area contributed by atoms with Gasteiger partial charge in [0.25, 0.3) is 0 Å². The highest BCUT2D eigenvalue weighted by Gasteiger charge is 2.30. The van der Waals surface area contributed by atoms with Gasteiger partial charge in [0.15, 0.2) is 12.2 Å². The highest BCUT2D eigenvalue weighted by molar-refractivity contribution is 7.47. The normalized spacial score (nSPS) is 14.4. The summed E-state index contributed by atoms with van der Waals surface area (Å²) >= 11 is 0. The van der Waals surface area contributed by atoms with Crippen LogP contribution in [0.4, 0.5) is 0 Å².